The number of hydrogen-bond donors (Lipinski definition) is 1. The van der Waals surface area contributed by atoms with Crippen LogP contribution in [-0.2, 0) is 4.79 Å². The fourth-order valence-corrected chi connectivity index (χ4v) is 4.37. The van der Waals surface area contributed by atoms with Crippen molar-refractivity contribution in [3.63, 3.8) is 0 Å². The third-order valence-corrected chi connectivity index (χ3v) is 5.25. The van der Waals surface area contributed by atoms with E-state index in [1.165, 1.54) is 0 Å². The summed E-state index contributed by atoms with van der Waals surface area (Å²) in [4.78, 5) is 14.0. The first kappa shape index (κ1) is 12.8. The summed E-state index contributed by atoms with van der Waals surface area (Å²) in [6.07, 6.45) is 4.85. The summed E-state index contributed by atoms with van der Waals surface area (Å²) in [6, 6.07) is 0.347. The smallest absolute Gasteiger partial charge is 0.220 e. The topological polar surface area (TPSA) is 58.1 Å². The molecule has 5 nitrogen and oxygen atoms in total. The Balaban J connectivity index is 1.91. The highest BCUT2D eigenvalue weighted by Gasteiger charge is 2.48. The lowest BCUT2D eigenvalue weighted by molar-refractivity contribution is -0.120. The first-order valence-corrected chi connectivity index (χ1v) is 7.84. The molecule has 1 N–H and O–H groups in total. The molecule has 104 valence electrons. The quantitative estimate of drug-likeness (QED) is 0.898. The van der Waals surface area contributed by atoms with Crippen LogP contribution in [0.2, 0.25) is 0 Å². The number of hydrogen-bond acceptors (Lipinski definition) is 5. The van der Waals surface area contributed by atoms with Gasteiger partial charge in [0, 0.05) is 13.0 Å². The molecule has 6 heteroatoms. The van der Waals surface area contributed by atoms with Crippen molar-refractivity contribution in [2.45, 2.75) is 57.5 Å². The van der Waals surface area contributed by atoms with E-state index in [1.807, 2.05) is 6.92 Å². The van der Waals surface area contributed by atoms with Crippen LogP contribution in [0.5, 0.6) is 0 Å². The van der Waals surface area contributed by atoms with Crippen LogP contribution in [0.4, 0.5) is 5.13 Å². The van der Waals surface area contributed by atoms with Gasteiger partial charge in [-0.15, -0.1) is 10.2 Å². The lowest BCUT2D eigenvalue weighted by atomic mass is 9.79. The second kappa shape index (κ2) is 4.74. The predicted octanol–water partition coefficient (Wildman–Crippen LogP) is 1.87. The van der Waals surface area contributed by atoms with Gasteiger partial charge in [0.15, 0.2) is 0 Å². The largest absolute Gasteiger partial charge is 0.349 e. The highest BCUT2D eigenvalue weighted by Crippen LogP contribution is 2.39. The Labute approximate surface area is 117 Å². The molecule has 2 fully saturated rings. The fourth-order valence-electron chi connectivity index (χ4n) is 3.60. The van der Waals surface area contributed by atoms with Crippen molar-refractivity contribution in [2.24, 2.45) is 0 Å². The van der Waals surface area contributed by atoms with Crippen LogP contribution in [0, 0.1) is 6.92 Å². The van der Waals surface area contributed by atoms with E-state index in [1.54, 1.807) is 11.3 Å². The Morgan fingerprint density at radius 2 is 2.32 bits per heavy atom. The number of nitrogens with one attached hydrogen (secondary N) is 1. The molecular formula is C13H20N4OS. The van der Waals surface area contributed by atoms with Gasteiger partial charge in [0.2, 0.25) is 11.0 Å². The van der Waals surface area contributed by atoms with Crippen molar-refractivity contribution in [3.8, 4) is 0 Å². The molecule has 1 aromatic rings. The number of carbonyl (C=O) groups is 1. The van der Waals surface area contributed by atoms with E-state index in [4.69, 9.17) is 0 Å². The van der Waals surface area contributed by atoms with Crippen molar-refractivity contribution in [1.29, 1.82) is 0 Å². The van der Waals surface area contributed by atoms with E-state index >= 15 is 0 Å². The summed E-state index contributed by atoms with van der Waals surface area (Å²) < 4.78 is 0. The normalized spacial score (nSPS) is 30.9. The molecule has 0 unspecified atom stereocenters. The first-order valence-electron chi connectivity index (χ1n) is 7.02. The average molecular weight is 280 g/mol. The molecule has 2 saturated heterocycles. The maximum Gasteiger partial charge on any atom is 0.220 e. The monoisotopic (exact) mass is 280 g/mol. The summed E-state index contributed by atoms with van der Waals surface area (Å²) in [5.41, 5.74) is -0.0380. The zero-order valence-corrected chi connectivity index (χ0v) is 12.3. The number of rotatable bonds is 2. The average Bonchev–Trinajstić information content (AvgIpc) is 2.97. The highest BCUT2D eigenvalue weighted by atomic mass is 32.1. The molecule has 0 saturated carbocycles. The molecule has 3 rings (SSSR count). The molecule has 0 radical (unpaired) electrons. The van der Waals surface area contributed by atoms with E-state index in [0.29, 0.717) is 12.5 Å². The van der Waals surface area contributed by atoms with E-state index in [9.17, 15) is 4.79 Å². The van der Waals surface area contributed by atoms with Gasteiger partial charge in [0.1, 0.15) is 5.01 Å². The Bertz CT molecular complexity index is 489. The Morgan fingerprint density at radius 1 is 1.47 bits per heavy atom. The van der Waals surface area contributed by atoms with E-state index < -0.39 is 0 Å². The van der Waals surface area contributed by atoms with Crippen LogP contribution >= 0.6 is 11.3 Å². The molecule has 1 amide bonds. The minimum Gasteiger partial charge on any atom is -0.349 e. The summed E-state index contributed by atoms with van der Waals surface area (Å²) >= 11 is 1.65. The number of carbonyl (C=O) groups excluding carboxylic acids is 1. The van der Waals surface area contributed by atoms with Crippen LogP contribution in [0.15, 0.2) is 0 Å². The van der Waals surface area contributed by atoms with Gasteiger partial charge in [0.05, 0.1) is 11.6 Å². The summed E-state index contributed by atoms with van der Waals surface area (Å²) in [5, 5.41) is 13.7. The maximum absolute atomic E-state index is 11.7. The number of piperidine rings is 1. The van der Waals surface area contributed by atoms with Crippen molar-refractivity contribution < 1.29 is 4.79 Å². The molecule has 19 heavy (non-hydrogen) atoms. The number of nitrogens with zero attached hydrogens (tertiary/aromatic N) is 3. The van der Waals surface area contributed by atoms with Crippen LogP contribution in [0.1, 0.15) is 44.0 Å². The van der Waals surface area contributed by atoms with Crippen LogP contribution in [0.25, 0.3) is 0 Å². The Morgan fingerprint density at radius 3 is 2.89 bits per heavy atom. The molecule has 2 aliphatic rings. The molecule has 1 aromatic heterocycles. The summed E-state index contributed by atoms with van der Waals surface area (Å²) in [6.45, 7) is 5.20. The molecule has 0 aliphatic carbocycles. The molecule has 2 aliphatic heterocycles. The molecule has 0 bridgehead atoms. The third-order valence-electron chi connectivity index (χ3n) is 4.37. The number of aromatic nitrogens is 2. The maximum atomic E-state index is 11.7. The van der Waals surface area contributed by atoms with Gasteiger partial charge in [-0.25, -0.2) is 0 Å². The fraction of sp³-hybridized carbons (Fsp3) is 0.769. The van der Waals surface area contributed by atoms with E-state index in [-0.39, 0.29) is 11.4 Å². The minimum absolute atomic E-state index is 0.0380. The van der Waals surface area contributed by atoms with Gasteiger partial charge in [0.25, 0.3) is 0 Å². The Hall–Kier alpha value is -1.17. The zero-order valence-electron chi connectivity index (χ0n) is 11.5. The standard InChI is InChI=1S/C13H20N4OS/c1-3-10-13(7-5-11(18)14-13)6-4-8-17(10)12-16-15-9(2)19-12/h10H,3-8H2,1-2H3,(H,14,18)/t10-,13+/m0/s1. The SMILES string of the molecule is CC[C@@H]1N(c2nnc(C)s2)CCC[C@@]12CCC(=O)N2. The van der Waals surface area contributed by atoms with Gasteiger partial charge in [-0.1, -0.05) is 18.3 Å². The lowest BCUT2D eigenvalue weighted by Crippen LogP contribution is -2.62. The number of aryl methyl sites for hydroxylation is 1. The van der Waals surface area contributed by atoms with Crippen molar-refractivity contribution in [2.75, 3.05) is 11.4 Å². The van der Waals surface area contributed by atoms with Gasteiger partial charge in [-0.3, -0.25) is 4.79 Å². The molecule has 3 heterocycles. The third kappa shape index (κ3) is 2.12. The Kier molecular flexibility index (Phi) is 3.20. The molecular weight excluding hydrogens is 260 g/mol. The number of anilines is 1. The van der Waals surface area contributed by atoms with Crippen molar-refractivity contribution >= 4 is 22.4 Å². The molecule has 2 atom stereocenters. The summed E-state index contributed by atoms with van der Waals surface area (Å²) in [5.74, 6) is 0.203. The van der Waals surface area contributed by atoms with Crippen LogP contribution in [-0.4, -0.2) is 34.2 Å². The summed E-state index contributed by atoms with van der Waals surface area (Å²) in [7, 11) is 0. The first-order chi connectivity index (χ1) is 9.14. The van der Waals surface area contributed by atoms with Crippen LogP contribution < -0.4 is 10.2 Å². The van der Waals surface area contributed by atoms with E-state index in [2.05, 4.69) is 27.3 Å². The predicted molar refractivity (Wildman–Crippen MR) is 75.4 cm³/mol. The molecule has 1 spiro atoms. The van der Waals surface area contributed by atoms with Gasteiger partial charge >= 0.3 is 0 Å². The van der Waals surface area contributed by atoms with Crippen molar-refractivity contribution in [1.82, 2.24) is 15.5 Å². The van der Waals surface area contributed by atoms with E-state index in [0.717, 1.165) is 42.4 Å². The number of amides is 1. The van der Waals surface area contributed by atoms with Gasteiger partial charge in [-0.05, 0) is 32.6 Å². The van der Waals surface area contributed by atoms with Crippen LogP contribution in [0.3, 0.4) is 0 Å². The zero-order chi connectivity index (χ0) is 13.5. The minimum atomic E-state index is -0.0380. The lowest BCUT2D eigenvalue weighted by Gasteiger charge is -2.47. The second-order valence-electron chi connectivity index (χ2n) is 5.53. The second-order valence-corrected chi connectivity index (χ2v) is 6.69. The molecule has 0 aromatic carbocycles. The van der Waals surface area contributed by atoms with Gasteiger partial charge < -0.3 is 10.2 Å². The highest BCUT2D eigenvalue weighted by molar-refractivity contribution is 7.15. The van der Waals surface area contributed by atoms with Crippen molar-refractivity contribution in [3.05, 3.63) is 5.01 Å². The van der Waals surface area contributed by atoms with Gasteiger partial charge in [-0.2, -0.15) is 0 Å².